The summed E-state index contributed by atoms with van der Waals surface area (Å²) in [5, 5.41) is 20.7. The van der Waals surface area contributed by atoms with Gasteiger partial charge in [-0.05, 0) is 113 Å². The van der Waals surface area contributed by atoms with Crippen molar-refractivity contribution >= 4 is 58.0 Å². The van der Waals surface area contributed by atoms with Gasteiger partial charge in [-0.2, -0.15) is 10.4 Å². The van der Waals surface area contributed by atoms with E-state index in [9.17, 15) is 24.4 Å². The molecule has 1 aliphatic rings. The summed E-state index contributed by atoms with van der Waals surface area (Å²) in [4.78, 5) is 62.7. The standard InChI is InChI=1S/C53H65ClN8O6S/c1-11-60(42-22-21-41(28-55)44(54)26-42)45-25-40(16-15-32(45)2)48-34(4)59-62(36(48)6)23-13-12-14-24-67-30-47(64)58-50(53(8,9)10)52(66)61-29-43(68-37(7)63)27-46(61)51(65)57-33(3)38-17-19-39(20-18-38)49-35(5)56-31-69-49/h15-22,25-26,31,33,43,46,50H,11-14,23-24,27,29-30H2,1-10H3,(H,57,65)(H,58,64)/t33-,43?,46-,50+/m0/s1. The Morgan fingerprint density at radius 2 is 1.70 bits per heavy atom. The fraction of sp³-hybridized carbons (Fsp3) is 0.453. The van der Waals surface area contributed by atoms with E-state index >= 15 is 0 Å². The van der Waals surface area contributed by atoms with Crippen molar-refractivity contribution in [1.29, 1.82) is 5.26 Å². The molecule has 0 spiro atoms. The van der Waals surface area contributed by atoms with Crippen LogP contribution in [0.3, 0.4) is 0 Å². The van der Waals surface area contributed by atoms with Crippen LogP contribution in [0, 0.1) is 44.4 Å². The number of unbranched alkanes of at least 4 members (excludes halogenated alkanes) is 2. The first-order valence-corrected chi connectivity index (χ1v) is 24.8. The van der Waals surface area contributed by atoms with Crippen LogP contribution in [0.2, 0.25) is 5.02 Å². The Kier molecular flexibility index (Phi) is 17.4. The van der Waals surface area contributed by atoms with Gasteiger partial charge in [-0.3, -0.25) is 23.9 Å². The summed E-state index contributed by atoms with van der Waals surface area (Å²) in [5.41, 5.74) is 11.7. The van der Waals surface area contributed by atoms with Crippen LogP contribution in [0.15, 0.2) is 66.2 Å². The van der Waals surface area contributed by atoms with Crippen molar-refractivity contribution < 1.29 is 28.7 Å². The Labute approximate surface area is 415 Å². The summed E-state index contributed by atoms with van der Waals surface area (Å²) in [6.07, 6.45) is 1.89. The highest BCUT2D eigenvalue weighted by atomic mass is 35.5. The van der Waals surface area contributed by atoms with Crippen molar-refractivity contribution in [3.05, 3.63) is 105 Å². The lowest BCUT2D eigenvalue weighted by Gasteiger charge is -2.35. The molecule has 0 radical (unpaired) electrons. The Hall–Kier alpha value is -6.08. The summed E-state index contributed by atoms with van der Waals surface area (Å²) >= 11 is 7.99. The Morgan fingerprint density at radius 1 is 0.971 bits per heavy atom. The molecule has 6 rings (SSSR count). The minimum Gasteiger partial charge on any atom is -0.461 e. The largest absolute Gasteiger partial charge is 0.461 e. The first kappa shape index (κ1) is 52.3. The van der Waals surface area contributed by atoms with Crippen LogP contribution < -0.4 is 15.5 Å². The molecule has 69 heavy (non-hydrogen) atoms. The summed E-state index contributed by atoms with van der Waals surface area (Å²) in [6.45, 7) is 20.6. The predicted octanol–water partition coefficient (Wildman–Crippen LogP) is 9.72. The van der Waals surface area contributed by atoms with E-state index in [0.29, 0.717) is 23.7 Å². The molecule has 5 aromatic rings. The molecule has 16 heteroatoms. The highest BCUT2D eigenvalue weighted by Gasteiger charge is 2.46. The minimum absolute atomic E-state index is 0.0212. The number of nitrogens with zero attached hydrogens (tertiary/aromatic N) is 6. The van der Waals surface area contributed by atoms with Crippen molar-refractivity contribution in [3.8, 4) is 27.6 Å². The zero-order chi connectivity index (χ0) is 50.2. The number of aromatic nitrogens is 3. The maximum absolute atomic E-state index is 14.4. The molecule has 366 valence electrons. The van der Waals surface area contributed by atoms with Gasteiger partial charge in [-0.1, -0.05) is 68.8 Å². The predicted molar refractivity (Wildman–Crippen MR) is 271 cm³/mol. The number of carbonyl (C=O) groups excluding carboxylic acids is 4. The number of ether oxygens (including phenoxy) is 2. The Balaban J connectivity index is 1.00. The lowest BCUT2D eigenvalue weighted by molar-refractivity contribution is -0.147. The maximum atomic E-state index is 14.4. The normalized spacial score (nSPS) is 15.6. The van der Waals surface area contributed by atoms with E-state index in [2.05, 4.69) is 65.6 Å². The van der Waals surface area contributed by atoms with Crippen LogP contribution in [0.25, 0.3) is 21.6 Å². The second kappa shape index (κ2) is 23.0. The van der Waals surface area contributed by atoms with E-state index in [1.807, 2.05) is 88.1 Å². The molecule has 1 aliphatic heterocycles. The number of likely N-dealkylation sites (tertiary alicyclic amines) is 1. The smallest absolute Gasteiger partial charge is 0.302 e. The molecule has 3 heterocycles. The van der Waals surface area contributed by atoms with Crippen molar-refractivity contribution in [2.75, 3.05) is 31.2 Å². The van der Waals surface area contributed by atoms with Gasteiger partial charge in [-0.15, -0.1) is 11.3 Å². The third-order valence-corrected chi connectivity index (χ3v) is 13.9. The van der Waals surface area contributed by atoms with Crippen LogP contribution in [0.4, 0.5) is 11.4 Å². The number of aryl methyl sites for hydroxylation is 4. The molecule has 1 saturated heterocycles. The molecular formula is C53H65ClN8O6S. The van der Waals surface area contributed by atoms with Gasteiger partial charge < -0.3 is 29.9 Å². The number of amides is 3. The van der Waals surface area contributed by atoms with Crippen molar-refractivity contribution in [3.63, 3.8) is 0 Å². The molecule has 2 N–H and O–H groups in total. The monoisotopic (exact) mass is 976 g/mol. The van der Waals surface area contributed by atoms with E-state index in [0.717, 1.165) is 87.0 Å². The lowest BCUT2D eigenvalue weighted by atomic mass is 9.85. The van der Waals surface area contributed by atoms with Crippen LogP contribution in [0.1, 0.15) is 107 Å². The van der Waals surface area contributed by atoms with Gasteiger partial charge in [0.1, 0.15) is 30.9 Å². The zero-order valence-corrected chi connectivity index (χ0v) is 43.0. The highest BCUT2D eigenvalue weighted by Crippen LogP contribution is 2.37. The molecule has 0 bridgehead atoms. The summed E-state index contributed by atoms with van der Waals surface area (Å²) in [5.74, 6) is -1.75. The first-order chi connectivity index (χ1) is 32.8. The van der Waals surface area contributed by atoms with E-state index in [-0.39, 0.29) is 31.5 Å². The number of hydrogen-bond acceptors (Lipinski definition) is 11. The lowest BCUT2D eigenvalue weighted by Crippen LogP contribution is -2.58. The molecule has 2 aromatic heterocycles. The number of nitrogens with one attached hydrogen (secondary N) is 2. The van der Waals surface area contributed by atoms with E-state index in [1.54, 1.807) is 17.4 Å². The topological polar surface area (TPSA) is 172 Å². The van der Waals surface area contributed by atoms with Gasteiger partial charge in [0, 0.05) is 55.7 Å². The molecule has 0 aliphatic carbocycles. The van der Waals surface area contributed by atoms with Crippen LogP contribution in [0.5, 0.6) is 0 Å². The fourth-order valence-electron chi connectivity index (χ4n) is 8.97. The number of esters is 1. The second-order valence-corrected chi connectivity index (χ2v) is 20.1. The van der Waals surface area contributed by atoms with Crippen molar-refractivity contribution in [1.82, 2.24) is 30.3 Å². The SMILES string of the molecule is CCN(c1ccc(C#N)c(Cl)c1)c1cc(-c2c(C)nn(CCCCCOCC(=O)N[C@H](C(=O)N3CC(OC(C)=O)C[C@H]3C(=O)N[C@@H](C)c3ccc(-c4scnc4C)cc3)C(C)(C)C)c2C)ccc1C. The molecule has 3 aromatic carbocycles. The number of halogens is 1. The number of benzene rings is 3. The number of anilines is 2. The average Bonchev–Trinajstić information content (AvgIpc) is 4.01. The van der Waals surface area contributed by atoms with Crippen LogP contribution in [-0.4, -0.2) is 87.8 Å². The molecular weight excluding hydrogens is 912 g/mol. The second-order valence-electron chi connectivity index (χ2n) is 18.9. The van der Waals surface area contributed by atoms with Crippen LogP contribution >= 0.6 is 22.9 Å². The molecule has 3 amide bonds. The Bertz CT molecular complexity index is 2680. The van der Waals surface area contributed by atoms with Crippen molar-refractivity contribution in [2.45, 2.75) is 126 Å². The zero-order valence-electron chi connectivity index (χ0n) is 41.4. The van der Waals surface area contributed by atoms with Gasteiger partial charge in [0.25, 0.3) is 0 Å². The van der Waals surface area contributed by atoms with Gasteiger partial charge in [-0.25, -0.2) is 4.98 Å². The van der Waals surface area contributed by atoms with Gasteiger partial charge in [0.15, 0.2) is 0 Å². The van der Waals surface area contributed by atoms with Gasteiger partial charge >= 0.3 is 5.97 Å². The molecule has 4 atom stereocenters. The summed E-state index contributed by atoms with van der Waals surface area (Å²) in [6, 6.07) is 19.7. The minimum atomic E-state index is -0.982. The van der Waals surface area contributed by atoms with Gasteiger partial charge in [0.2, 0.25) is 17.7 Å². The molecule has 1 fully saturated rings. The third-order valence-electron chi connectivity index (χ3n) is 12.6. The van der Waals surface area contributed by atoms with E-state index in [1.165, 1.54) is 11.8 Å². The van der Waals surface area contributed by atoms with Crippen molar-refractivity contribution in [2.24, 2.45) is 5.41 Å². The number of nitriles is 1. The van der Waals surface area contributed by atoms with Gasteiger partial charge in [0.05, 0.1) is 44.9 Å². The van der Waals surface area contributed by atoms with E-state index in [4.69, 9.17) is 26.2 Å². The molecule has 14 nitrogen and oxygen atoms in total. The molecule has 0 saturated carbocycles. The quantitative estimate of drug-likeness (QED) is 0.0600. The maximum Gasteiger partial charge on any atom is 0.302 e. The third kappa shape index (κ3) is 12.8. The first-order valence-electron chi connectivity index (χ1n) is 23.6. The van der Waals surface area contributed by atoms with Crippen LogP contribution in [-0.2, 0) is 35.2 Å². The fourth-order valence-corrected chi connectivity index (χ4v) is 10.0. The number of thiazole rings is 1. The summed E-state index contributed by atoms with van der Waals surface area (Å²) < 4.78 is 13.4. The summed E-state index contributed by atoms with van der Waals surface area (Å²) in [7, 11) is 0. The Morgan fingerprint density at radius 3 is 2.33 bits per heavy atom. The number of carbonyl (C=O) groups is 4. The average molecular weight is 978 g/mol. The highest BCUT2D eigenvalue weighted by molar-refractivity contribution is 7.13. The molecule has 1 unspecified atom stereocenters. The number of rotatable bonds is 19. The van der Waals surface area contributed by atoms with E-state index < -0.39 is 41.4 Å². The number of hydrogen-bond donors (Lipinski definition) is 2.